The highest BCUT2D eigenvalue weighted by Crippen LogP contribution is 2.50. The molecule has 2 heterocycles. The molecule has 3 fully saturated rings. The number of hydrogen-bond acceptors (Lipinski definition) is 8. The minimum atomic E-state index is -0.611. The van der Waals surface area contributed by atoms with Crippen molar-refractivity contribution in [2.75, 3.05) is 19.6 Å². The molecule has 49 heavy (non-hydrogen) atoms. The molecule has 2 amide bonds. The number of carbonyl (C=O) groups is 2. The second kappa shape index (κ2) is 14.9. The van der Waals surface area contributed by atoms with Gasteiger partial charge in [-0.15, -0.1) is 10.2 Å². The Morgan fingerprint density at radius 1 is 1.08 bits per heavy atom. The Labute approximate surface area is 289 Å². The number of tetrazole rings is 1. The van der Waals surface area contributed by atoms with Gasteiger partial charge in [0, 0.05) is 36.4 Å². The third-order valence-corrected chi connectivity index (χ3v) is 10.7. The monoisotopic (exact) mass is 663 g/mol. The number of likely N-dealkylation sites (tertiary alicyclic amines) is 1. The van der Waals surface area contributed by atoms with Gasteiger partial charge in [-0.1, -0.05) is 43.8 Å². The Morgan fingerprint density at radius 2 is 1.80 bits per heavy atom. The van der Waals surface area contributed by atoms with Crippen LogP contribution in [0.1, 0.15) is 103 Å². The fourth-order valence-corrected chi connectivity index (χ4v) is 7.97. The van der Waals surface area contributed by atoms with E-state index < -0.39 is 5.41 Å². The number of aryl methyl sites for hydroxylation is 2. The van der Waals surface area contributed by atoms with Crippen molar-refractivity contribution in [3.05, 3.63) is 82.2 Å². The molecular formula is C38H49N9O2. The summed E-state index contributed by atoms with van der Waals surface area (Å²) in [6.07, 6.45) is 8.84. The summed E-state index contributed by atoms with van der Waals surface area (Å²) < 4.78 is 0. The van der Waals surface area contributed by atoms with E-state index in [1.165, 1.54) is 24.0 Å². The predicted octanol–water partition coefficient (Wildman–Crippen LogP) is 4.26. The Bertz CT molecular complexity index is 1700. The summed E-state index contributed by atoms with van der Waals surface area (Å²) in [5.74, 6) is 1.92. The molecule has 11 heteroatoms. The summed E-state index contributed by atoms with van der Waals surface area (Å²) in [5, 5.41) is 34.8. The molecule has 2 saturated carbocycles. The molecule has 0 spiro atoms. The smallest absolute Gasteiger partial charge is 0.251 e. The maximum Gasteiger partial charge on any atom is 0.251 e. The first-order valence-corrected chi connectivity index (χ1v) is 18.0. The van der Waals surface area contributed by atoms with Crippen LogP contribution in [0, 0.1) is 23.2 Å². The van der Waals surface area contributed by atoms with Crippen LogP contribution in [-0.4, -0.2) is 75.6 Å². The van der Waals surface area contributed by atoms with E-state index in [-0.39, 0.29) is 11.9 Å². The highest BCUT2D eigenvalue weighted by atomic mass is 16.1. The molecule has 0 bridgehead atoms. The SMILES string of the molecule is C=C(NCCC)c1ccc2c(c1)CCc1cc(C(=O)NCC)ccc1C2(CC(NCC)C1CC1)c1nn[nH]n1.N#CC1CC2CC2N1C=O. The fraction of sp³-hybridized carbons (Fsp3) is 0.526. The van der Waals surface area contributed by atoms with Crippen molar-refractivity contribution in [2.24, 2.45) is 11.8 Å². The number of nitrogens with one attached hydrogen (secondary N) is 4. The van der Waals surface area contributed by atoms with E-state index in [1.54, 1.807) is 4.90 Å². The normalized spacial score (nSPS) is 23.7. The van der Waals surface area contributed by atoms with Crippen molar-refractivity contribution in [2.45, 2.75) is 95.7 Å². The predicted molar refractivity (Wildman–Crippen MR) is 188 cm³/mol. The highest BCUT2D eigenvalue weighted by Gasteiger charge is 2.52. The highest BCUT2D eigenvalue weighted by molar-refractivity contribution is 5.94. The molecular weight excluding hydrogens is 614 g/mol. The van der Waals surface area contributed by atoms with Crippen LogP contribution in [0.25, 0.3) is 5.70 Å². The van der Waals surface area contributed by atoms with Crippen molar-refractivity contribution in [1.82, 2.24) is 41.5 Å². The van der Waals surface area contributed by atoms with Crippen LogP contribution in [0.4, 0.5) is 0 Å². The Morgan fingerprint density at radius 3 is 2.37 bits per heavy atom. The number of benzene rings is 2. The summed E-state index contributed by atoms with van der Waals surface area (Å²) in [5.41, 5.74) is 6.91. The van der Waals surface area contributed by atoms with Crippen molar-refractivity contribution < 1.29 is 9.59 Å². The molecule has 7 rings (SSSR count). The number of nitrogens with zero attached hydrogens (tertiary/aromatic N) is 5. The number of H-pyrrole nitrogens is 1. The average molecular weight is 664 g/mol. The van der Waals surface area contributed by atoms with Crippen LogP contribution in [0.5, 0.6) is 0 Å². The van der Waals surface area contributed by atoms with Crippen LogP contribution >= 0.6 is 0 Å². The molecule has 0 radical (unpaired) electrons. The summed E-state index contributed by atoms with van der Waals surface area (Å²) in [4.78, 5) is 24.9. The molecule has 4 N–H and O–H groups in total. The largest absolute Gasteiger partial charge is 0.385 e. The van der Waals surface area contributed by atoms with Crippen molar-refractivity contribution in [3.8, 4) is 6.07 Å². The van der Waals surface area contributed by atoms with Gasteiger partial charge in [0.15, 0.2) is 5.82 Å². The summed E-state index contributed by atoms with van der Waals surface area (Å²) >= 11 is 0. The van der Waals surface area contributed by atoms with Gasteiger partial charge in [-0.2, -0.15) is 10.5 Å². The number of aromatic amines is 1. The van der Waals surface area contributed by atoms with Crippen LogP contribution in [-0.2, 0) is 23.1 Å². The number of nitriles is 1. The summed E-state index contributed by atoms with van der Waals surface area (Å²) in [7, 11) is 0. The zero-order chi connectivity index (χ0) is 34.5. The average Bonchev–Trinajstić information content (AvgIpc) is 4.03. The number of rotatable bonds is 13. The first-order chi connectivity index (χ1) is 23.9. The summed E-state index contributed by atoms with van der Waals surface area (Å²) in [6.45, 7) is 13.0. The lowest BCUT2D eigenvalue weighted by Gasteiger charge is -2.37. The quantitative estimate of drug-likeness (QED) is 0.198. The van der Waals surface area contributed by atoms with E-state index in [0.29, 0.717) is 41.9 Å². The molecule has 1 aliphatic heterocycles. The number of aromatic nitrogens is 4. The van der Waals surface area contributed by atoms with Crippen molar-refractivity contribution in [3.63, 3.8) is 0 Å². The second-order valence-corrected chi connectivity index (χ2v) is 13.9. The minimum Gasteiger partial charge on any atom is -0.385 e. The van der Waals surface area contributed by atoms with Crippen LogP contribution in [0.3, 0.4) is 0 Å². The van der Waals surface area contributed by atoms with Gasteiger partial charge >= 0.3 is 0 Å². The van der Waals surface area contributed by atoms with Gasteiger partial charge in [0.1, 0.15) is 6.04 Å². The molecule has 258 valence electrons. The van der Waals surface area contributed by atoms with E-state index in [1.807, 2.05) is 13.0 Å². The lowest BCUT2D eigenvalue weighted by atomic mass is 9.67. The number of piperidine rings is 1. The van der Waals surface area contributed by atoms with Gasteiger partial charge in [0.25, 0.3) is 5.91 Å². The molecule has 1 saturated heterocycles. The van der Waals surface area contributed by atoms with E-state index in [0.717, 1.165) is 80.4 Å². The first-order valence-electron chi connectivity index (χ1n) is 18.0. The van der Waals surface area contributed by atoms with E-state index >= 15 is 0 Å². The zero-order valence-electron chi connectivity index (χ0n) is 29.0. The Kier molecular flexibility index (Phi) is 10.4. The van der Waals surface area contributed by atoms with Crippen LogP contribution < -0.4 is 16.0 Å². The lowest BCUT2D eigenvalue weighted by molar-refractivity contribution is -0.118. The van der Waals surface area contributed by atoms with E-state index in [2.05, 4.69) is 93.4 Å². The molecule has 11 nitrogen and oxygen atoms in total. The maximum atomic E-state index is 12.8. The maximum absolute atomic E-state index is 12.8. The van der Waals surface area contributed by atoms with E-state index in [9.17, 15) is 9.59 Å². The van der Waals surface area contributed by atoms with E-state index in [4.69, 9.17) is 5.26 Å². The van der Waals surface area contributed by atoms with Crippen molar-refractivity contribution >= 4 is 18.0 Å². The molecule has 1 aromatic heterocycles. The third kappa shape index (κ3) is 6.97. The molecule has 3 aliphatic carbocycles. The number of carbonyl (C=O) groups excluding carboxylic acids is 2. The standard InChI is InChI=1S/C31H41N7O.C7H8N2O/c1-5-16-34-20(4)22-12-14-26-23(17-22)10-11-24-18-25(29(39)33-7-3)13-15-27(24)31(26,30-35-37-38-36-30)19-28(32-6-2)21-8-9-21;8-3-6-1-5-2-7(5)9(6)4-10/h12-15,17-18,21,28,32,34H,4-11,16,19H2,1-3H3,(H,33,39)(H,35,36,37,38);4-7H,1-2H2. The molecule has 2 aromatic carbocycles. The van der Waals surface area contributed by atoms with Gasteiger partial charge in [0.05, 0.1) is 11.5 Å². The number of amides is 2. The van der Waals surface area contributed by atoms with Crippen LogP contribution in [0.15, 0.2) is 43.0 Å². The van der Waals surface area contributed by atoms with Gasteiger partial charge in [-0.05, 0) is 123 Å². The Hall–Kier alpha value is -4.56. The van der Waals surface area contributed by atoms with Crippen LogP contribution in [0.2, 0.25) is 0 Å². The zero-order valence-corrected chi connectivity index (χ0v) is 29.0. The Balaban J connectivity index is 0.000000353. The number of hydrogen-bond donors (Lipinski definition) is 4. The van der Waals surface area contributed by atoms with Gasteiger partial charge in [-0.3, -0.25) is 9.59 Å². The van der Waals surface area contributed by atoms with Crippen molar-refractivity contribution in [1.29, 1.82) is 5.26 Å². The molecule has 5 atom stereocenters. The first kappa shape index (κ1) is 34.3. The van der Waals surface area contributed by atoms with Gasteiger partial charge in [0.2, 0.25) is 6.41 Å². The lowest BCUT2D eigenvalue weighted by Crippen LogP contribution is -2.42. The number of fused-ring (bicyclic) bond motifs is 3. The van der Waals surface area contributed by atoms with Gasteiger partial charge < -0.3 is 20.9 Å². The molecule has 3 aromatic rings. The van der Waals surface area contributed by atoms with Gasteiger partial charge in [-0.25, -0.2) is 0 Å². The second-order valence-electron chi connectivity index (χ2n) is 13.9. The molecule has 4 aliphatic rings. The fourth-order valence-electron chi connectivity index (χ4n) is 7.97. The minimum absolute atomic E-state index is 0.0451. The summed E-state index contributed by atoms with van der Waals surface area (Å²) in [6, 6.07) is 15.6. The third-order valence-electron chi connectivity index (χ3n) is 10.7. The topological polar surface area (TPSA) is 152 Å². The molecule has 5 unspecified atom stereocenters.